The topological polar surface area (TPSA) is 35.5 Å². The van der Waals surface area contributed by atoms with Crippen LogP contribution in [0.15, 0.2) is 23.1 Å². The van der Waals surface area contributed by atoms with Crippen LogP contribution in [0.2, 0.25) is 0 Å². The molecule has 0 amide bonds. The molecule has 1 atom stereocenters. The fourth-order valence-electron chi connectivity index (χ4n) is 3.09. The van der Waals surface area contributed by atoms with Gasteiger partial charge in [-0.2, -0.15) is 13.2 Å². The van der Waals surface area contributed by atoms with Gasteiger partial charge in [0.15, 0.2) is 0 Å². The third kappa shape index (κ3) is 3.88. The Morgan fingerprint density at radius 3 is 2.50 bits per heavy atom. The highest BCUT2D eigenvalue weighted by Crippen LogP contribution is 2.48. The third-order valence-corrected chi connectivity index (χ3v) is 4.89. The van der Waals surface area contributed by atoms with E-state index >= 15 is 0 Å². The van der Waals surface area contributed by atoms with Crippen LogP contribution in [0.4, 0.5) is 13.2 Å². The number of aromatic hydroxyl groups is 1. The van der Waals surface area contributed by atoms with Gasteiger partial charge in [-0.15, -0.1) is 0 Å². The van der Waals surface area contributed by atoms with Gasteiger partial charge in [0.1, 0.15) is 5.75 Å². The molecular weight excluding hydrogens is 313 g/mol. The van der Waals surface area contributed by atoms with Crippen LogP contribution >= 0.6 is 11.8 Å². The maximum Gasteiger partial charge on any atom is 0.446 e. The van der Waals surface area contributed by atoms with Gasteiger partial charge in [0.25, 0.3) is 0 Å². The second-order valence-electron chi connectivity index (χ2n) is 5.84. The smallest absolute Gasteiger partial charge is 0.446 e. The molecule has 0 aromatic heterocycles. The molecular formula is C15H19F3N2OS. The number of thioether (sulfide) groups is 1. The molecule has 22 heavy (non-hydrogen) atoms. The minimum absolute atomic E-state index is 0.0240. The Balaban J connectivity index is 1.87. The van der Waals surface area contributed by atoms with Crippen LogP contribution in [0.1, 0.15) is 24.4 Å². The van der Waals surface area contributed by atoms with Crippen molar-refractivity contribution in [2.45, 2.75) is 29.3 Å². The van der Waals surface area contributed by atoms with Gasteiger partial charge in [0.2, 0.25) is 0 Å². The second-order valence-corrected chi connectivity index (χ2v) is 6.98. The first-order valence-electron chi connectivity index (χ1n) is 7.47. The van der Waals surface area contributed by atoms with Crippen LogP contribution in [0.3, 0.4) is 0 Å². The lowest BCUT2D eigenvalue weighted by molar-refractivity contribution is -0.0328. The molecule has 1 aliphatic carbocycles. The molecule has 3 rings (SSSR count). The van der Waals surface area contributed by atoms with Crippen molar-refractivity contribution in [1.82, 2.24) is 10.2 Å². The van der Waals surface area contributed by atoms with E-state index in [1.807, 2.05) is 0 Å². The van der Waals surface area contributed by atoms with Gasteiger partial charge in [-0.25, -0.2) is 0 Å². The van der Waals surface area contributed by atoms with Gasteiger partial charge in [-0.05, 0) is 48.7 Å². The quantitative estimate of drug-likeness (QED) is 0.829. The second kappa shape index (κ2) is 6.29. The van der Waals surface area contributed by atoms with Gasteiger partial charge in [-0.3, -0.25) is 4.90 Å². The summed E-state index contributed by atoms with van der Waals surface area (Å²) in [6.07, 6.45) is 2.15. The van der Waals surface area contributed by atoms with Crippen molar-refractivity contribution in [1.29, 1.82) is 0 Å². The number of hydrogen-bond acceptors (Lipinski definition) is 4. The van der Waals surface area contributed by atoms with Crippen molar-refractivity contribution in [3.8, 4) is 5.75 Å². The number of rotatable bonds is 4. The molecule has 0 spiro atoms. The molecule has 1 aliphatic heterocycles. The highest BCUT2D eigenvalue weighted by Gasteiger charge is 2.38. The summed E-state index contributed by atoms with van der Waals surface area (Å²) in [5.74, 6) is 0.539. The van der Waals surface area contributed by atoms with E-state index in [2.05, 4.69) is 10.2 Å². The molecule has 2 fully saturated rings. The zero-order valence-electron chi connectivity index (χ0n) is 12.1. The lowest BCUT2D eigenvalue weighted by atomic mass is 9.99. The van der Waals surface area contributed by atoms with E-state index < -0.39 is 5.51 Å². The SMILES string of the molecule is Oc1ccc(SC(F)(F)F)cc1[C@H](C1CC1)N1CCNCC1. The van der Waals surface area contributed by atoms with Crippen molar-refractivity contribution >= 4 is 11.8 Å². The number of alkyl halides is 3. The Morgan fingerprint density at radius 1 is 1.23 bits per heavy atom. The number of phenolic OH excluding ortho intramolecular Hbond substituents is 1. The van der Waals surface area contributed by atoms with Gasteiger partial charge >= 0.3 is 5.51 Å². The molecule has 0 bridgehead atoms. The summed E-state index contributed by atoms with van der Waals surface area (Å²) >= 11 is -0.122. The van der Waals surface area contributed by atoms with Crippen LogP contribution in [0.25, 0.3) is 0 Å². The number of nitrogens with one attached hydrogen (secondary N) is 1. The van der Waals surface area contributed by atoms with E-state index in [0.29, 0.717) is 11.5 Å². The van der Waals surface area contributed by atoms with E-state index in [1.165, 1.54) is 18.2 Å². The maximum absolute atomic E-state index is 12.6. The highest BCUT2D eigenvalue weighted by molar-refractivity contribution is 8.00. The zero-order chi connectivity index (χ0) is 15.7. The first-order valence-corrected chi connectivity index (χ1v) is 8.29. The Hall–Kier alpha value is -0.920. The highest BCUT2D eigenvalue weighted by atomic mass is 32.2. The Kier molecular flexibility index (Phi) is 4.56. The summed E-state index contributed by atoms with van der Waals surface area (Å²) in [4.78, 5) is 2.42. The minimum atomic E-state index is -4.31. The molecule has 1 aromatic rings. The van der Waals surface area contributed by atoms with Crippen LogP contribution in [-0.2, 0) is 0 Å². The molecule has 0 unspecified atom stereocenters. The lowest BCUT2D eigenvalue weighted by Crippen LogP contribution is -2.45. The summed E-state index contributed by atoms with van der Waals surface area (Å²) in [5.41, 5.74) is -3.67. The molecule has 1 heterocycles. The normalized spacial score (nSPS) is 21.8. The molecule has 122 valence electrons. The van der Waals surface area contributed by atoms with E-state index in [0.717, 1.165) is 39.0 Å². The van der Waals surface area contributed by atoms with Crippen molar-refractivity contribution in [3.05, 3.63) is 23.8 Å². The molecule has 1 aromatic carbocycles. The summed E-state index contributed by atoms with van der Waals surface area (Å²) < 4.78 is 37.7. The zero-order valence-corrected chi connectivity index (χ0v) is 12.9. The molecule has 2 aliphatic rings. The molecule has 3 nitrogen and oxygen atoms in total. The van der Waals surface area contributed by atoms with Crippen molar-refractivity contribution in [2.24, 2.45) is 5.92 Å². The van der Waals surface area contributed by atoms with Crippen LogP contribution in [0, 0.1) is 5.92 Å². The van der Waals surface area contributed by atoms with Gasteiger partial charge < -0.3 is 10.4 Å². The Labute approximate surface area is 131 Å². The minimum Gasteiger partial charge on any atom is -0.508 e. The van der Waals surface area contributed by atoms with Gasteiger partial charge in [0.05, 0.1) is 0 Å². The van der Waals surface area contributed by atoms with Crippen LogP contribution < -0.4 is 5.32 Å². The Bertz CT molecular complexity index is 528. The van der Waals surface area contributed by atoms with Gasteiger partial charge in [-0.1, -0.05) is 0 Å². The van der Waals surface area contributed by atoms with Crippen molar-refractivity contribution in [3.63, 3.8) is 0 Å². The van der Waals surface area contributed by atoms with E-state index in [9.17, 15) is 18.3 Å². The number of hydrogen-bond donors (Lipinski definition) is 2. The van der Waals surface area contributed by atoms with Gasteiger partial charge in [0, 0.05) is 42.7 Å². The molecule has 7 heteroatoms. The predicted molar refractivity (Wildman–Crippen MR) is 79.9 cm³/mol. The number of nitrogens with zero attached hydrogens (tertiary/aromatic N) is 1. The number of piperazine rings is 1. The average Bonchev–Trinajstić information content (AvgIpc) is 3.27. The van der Waals surface area contributed by atoms with E-state index in [1.54, 1.807) is 0 Å². The number of benzene rings is 1. The monoisotopic (exact) mass is 332 g/mol. The fourth-order valence-corrected chi connectivity index (χ4v) is 3.68. The largest absolute Gasteiger partial charge is 0.508 e. The Morgan fingerprint density at radius 2 is 1.91 bits per heavy atom. The fraction of sp³-hybridized carbons (Fsp3) is 0.600. The van der Waals surface area contributed by atoms with Crippen molar-refractivity contribution < 1.29 is 18.3 Å². The van der Waals surface area contributed by atoms with E-state index in [-0.39, 0.29) is 28.4 Å². The first kappa shape index (κ1) is 16.0. The third-order valence-electron chi connectivity index (χ3n) is 4.16. The van der Waals surface area contributed by atoms with E-state index in [4.69, 9.17) is 0 Å². The average molecular weight is 332 g/mol. The summed E-state index contributed by atoms with van der Waals surface area (Å²) in [6, 6.07) is 4.26. The summed E-state index contributed by atoms with van der Waals surface area (Å²) in [5, 5.41) is 13.5. The van der Waals surface area contributed by atoms with Crippen molar-refractivity contribution in [2.75, 3.05) is 26.2 Å². The maximum atomic E-state index is 12.6. The molecule has 2 N–H and O–H groups in total. The molecule has 1 saturated heterocycles. The predicted octanol–water partition coefficient (Wildman–Crippen LogP) is 3.36. The lowest BCUT2D eigenvalue weighted by Gasteiger charge is -2.36. The van der Waals surface area contributed by atoms with Crippen LogP contribution in [0.5, 0.6) is 5.75 Å². The number of phenols is 1. The standard InChI is InChI=1S/C15H19F3N2OS/c16-15(17,18)22-11-3-4-13(21)12(9-11)14(10-1-2-10)20-7-5-19-6-8-20/h3-4,9-10,14,19,21H,1-2,5-8H2/t14-/m0/s1. The summed E-state index contributed by atoms with van der Waals surface area (Å²) in [6.45, 7) is 3.47. The van der Waals surface area contributed by atoms with Crippen LogP contribution in [-0.4, -0.2) is 41.7 Å². The molecule has 1 saturated carbocycles. The number of halogens is 3. The summed E-state index contributed by atoms with van der Waals surface area (Å²) in [7, 11) is 0. The first-order chi connectivity index (χ1) is 10.4. The molecule has 0 radical (unpaired) electrons.